The number of carbonyl (C=O) groups is 2. The van der Waals surface area contributed by atoms with Crippen molar-refractivity contribution in [2.24, 2.45) is 0 Å². The molecule has 2 heterocycles. The molecule has 0 aliphatic rings. The molecule has 0 aliphatic carbocycles. The van der Waals surface area contributed by atoms with Crippen molar-refractivity contribution in [3.63, 3.8) is 0 Å². The lowest BCUT2D eigenvalue weighted by molar-refractivity contribution is -0.104. The van der Waals surface area contributed by atoms with Crippen molar-refractivity contribution in [2.45, 2.75) is 6.92 Å². The Labute approximate surface area is 141 Å². The second kappa shape index (κ2) is 7.75. The molecular formula is C16H14N2O3S2. The van der Waals surface area contributed by atoms with E-state index in [-0.39, 0.29) is 5.69 Å². The molecule has 0 saturated heterocycles. The highest BCUT2D eigenvalue weighted by atomic mass is 32.2. The van der Waals surface area contributed by atoms with Gasteiger partial charge in [0.2, 0.25) is 0 Å². The first-order valence-corrected chi connectivity index (χ1v) is 8.23. The van der Waals surface area contributed by atoms with Gasteiger partial charge in [0.15, 0.2) is 12.0 Å². The predicted molar refractivity (Wildman–Crippen MR) is 93.6 cm³/mol. The van der Waals surface area contributed by atoms with E-state index in [9.17, 15) is 14.7 Å². The van der Waals surface area contributed by atoms with Crippen LogP contribution in [0.1, 0.15) is 17.4 Å². The number of carbonyl (C=O) groups excluding carboxylic acids is 1. The van der Waals surface area contributed by atoms with Gasteiger partial charge in [0.25, 0.3) is 0 Å². The van der Waals surface area contributed by atoms with Crippen molar-refractivity contribution in [2.75, 3.05) is 0 Å². The normalized spacial score (nSPS) is 12.2. The molecule has 0 amide bonds. The molecule has 2 rings (SSSR count). The maximum Gasteiger partial charge on any atom is 0.355 e. The van der Waals surface area contributed by atoms with E-state index in [1.54, 1.807) is 25.2 Å². The lowest BCUT2D eigenvalue weighted by Crippen LogP contribution is -2.04. The molecule has 1 N–H and O–H groups in total. The highest BCUT2D eigenvalue weighted by molar-refractivity contribution is 8.01. The van der Waals surface area contributed by atoms with Crippen molar-refractivity contribution in [1.82, 2.24) is 9.19 Å². The highest BCUT2D eigenvalue weighted by Crippen LogP contribution is 2.29. The van der Waals surface area contributed by atoms with E-state index in [0.29, 0.717) is 22.5 Å². The van der Waals surface area contributed by atoms with Crippen LogP contribution < -0.4 is 0 Å². The third kappa shape index (κ3) is 4.08. The van der Waals surface area contributed by atoms with Gasteiger partial charge >= 0.3 is 5.97 Å². The number of aromatic carboxylic acids is 1. The zero-order valence-corrected chi connectivity index (χ0v) is 13.9. The number of hydrogen-bond donors (Lipinski definition) is 1. The van der Waals surface area contributed by atoms with Gasteiger partial charge in [0, 0.05) is 28.5 Å². The highest BCUT2D eigenvalue weighted by Gasteiger charge is 2.17. The summed E-state index contributed by atoms with van der Waals surface area (Å²) in [7, 11) is 0. The van der Waals surface area contributed by atoms with Crippen LogP contribution in [-0.4, -0.2) is 26.5 Å². The van der Waals surface area contributed by atoms with Gasteiger partial charge in [-0.1, -0.05) is 30.9 Å². The summed E-state index contributed by atoms with van der Waals surface area (Å²) >= 11 is 2.57. The Hall–Kier alpha value is -2.38. The van der Waals surface area contributed by atoms with Crippen LogP contribution in [-0.2, 0) is 4.79 Å². The van der Waals surface area contributed by atoms with Gasteiger partial charge in [-0.3, -0.25) is 4.79 Å². The van der Waals surface area contributed by atoms with Crippen LogP contribution in [0.4, 0.5) is 0 Å². The Balaban J connectivity index is 2.40. The fourth-order valence-electron chi connectivity index (χ4n) is 1.72. The molecule has 5 nitrogen and oxygen atoms in total. The third-order valence-corrected chi connectivity index (χ3v) is 4.69. The quantitative estimate of drug-likeness (QED) is 0.466. The van der Waals surface area contributed by atoms with Gasteiger partial charge in [-0.2, -0.15) is 9.19 Å². The molecule has 2 aromatic rings. The largest absolute Gasteiger partial charge is 0.476 e. The molecule has 0 atom stereocenters. The van der Waals surface area contributed by atoms with Crippen LogP contribution in [0.5, 0.6) is 0 Å². The summed E-state index contributed by atoms with van der Waals surface area (Å²) in [5.41, 5.74) is 1.09. The monoisotopic (exact) mass is 346 g/mol. The Bertz CT molecular complexity index is 786. The molecule has 0 radical (unpaired) electrons. The molecule has 0 saturated carbocycles. The first kappa shape index (κ1) is 17.0. The average molecular weight is 346 g/mol. The van der Waals surface area contributed by atoms with Crippen LogP contribution in [0.2, 0.25) is 0 Å². The minimum absolute atomic E-state index is 0.0516. The number of hydrogen-bond acceptors (Lipinski definition) is 5. The van der Waals surface area contributed by atoms with Gasteiger partial charge in [-0.05, 0) is 18.4 Å². The van der Waals surface area contributed by atoms with E-state index in [0.717, 1.165) is 16.8 Å². The molecule has 0 fully saturated rings. The summed E-state index contributed by atoms with van der Waals surface area (Å²) in [4.78, 5) is 24.1. The topological polar surface area (TPSA) is 72.2 Å². The molecule has 0 spiro atoms. The van der Waals surface area contributed by atoms with E-state index in [1.807, 2.05) is 17.5 Å². The molecule has 0 aromatic carbocycles. The summed E-state index contributed by atoms with van der Waals surface area (Å²) < 4.78 is 1.32. The van der Waals surface area contributed by atoms with Crippen molar-refractivity contribution in [3.8, 4) is 10.6 Å². The zero-order valence-electron chi connectivity index (χ0n) is 12.3. The van der Waals surface area contributed by atoms with E-state index in [1.165, 1.54) is 21.5 Å². The second-order valence-corrected chi connectivity index (χ2v) is 6.47. The van der Waals surface area contributed by atoms with Crippen molar-refractivity contribution in [1.29, 1.82) is 0 Å². The summed E-state index contributed by atoms with van der Waals surface area (Å²) in [6, 6.07) is 5.27. The molecular weight excluding hydrogens is 332 g/mol. The van der Waals surface area contributed by atoms with Crippen molar-refractivity contribution < 1.29 is 14.7 Å². The summed E-state index contributed by atoms with van der Waals surface area (Å²) in [5, 5.41) is 15.6. The number of rotatable bonds is 7. The number of aromatic nitrogens is 2. The molecule has 23 heavy (non-hydrogen) atoms. The van der Waals surface area contributed by atoms with Gasteiger partial charge in [0.05, 0.1) is 4.88 Å². The Kier molecular flexibility index (Phi) is 5.72. The molecule has 0 unspecified atom stereocenters. The first-order valence-electron chi connectivity index (χ1n) is 6.57. The van der Waals surface area contributed by atoms with Crippen LogP contribution in [0.15, 0.2) is 58.9 Å². The Morgan fingerprint density at radius 3 is 2.87 bits per heavy atom. The van der Waals surface area contributed by atoms with Crippen LogP contribution in [0.3, 0.4) is 0 Å². The van der Waals surface area contributed by atoms with Crippen LogP contribution >= 0.6 is 23.3 Å². The van der Waals surface area contributed by atoms with Crippen LogP contribution in [0, 0.1) is 0 Å². The second-order valence-electron chi connectivity index (χ2n) is 4.39. The SMILES string of the molecule is C=C/C=C\C(C=O)=C(/C)Sn1nc(-c2cccs2)cc1C(=O)O. The summed E-state index contributed by atoms with van der Waals surface area (Å²) in [6.07, 6.45) is 5.54. The van der Waals surface area contributed by atoms with Crippen molar-refractivity contribution >= 4 is 35.5 Å². The number of thiophene rings is 1. The zero-order chi connectivity index (χ0) is 16.8. The van der Waals surface area contributed by atoms with Gasteiger partial charge in [-0.15, -0.1) is 11.3 Å². The lowest BCUT2D eigenvalue weighted by atomic mass is 10.2. The smallest absolute Gasteiger partial charge is 0.355 e. The predicted octanol–water partition coefficient (Wildman–Crippen LogP) is 4.02. The maximum atomic E-state index is 11.4. The summed E-state index contributed by atoms with van der Waals surface area (Å²) in [6.45, 7) is 5.29. The van der Waals surface area contributed by atoms with Gasteiger partial charge in [-0.25, -0.2) is 4.79 Å². The Morgan fingerprint density at radius 2 is 2.30 bits per heavy atom. The van der Waals surface area contributed by atoms with E-state index >= 15 is 0 Å². The molecule has 7 heteroatoms. The van der Waals surface area contributed by atoms with Crippen molar-refractivity contribution in [3.05, 3.63) is 64.6 Å². The fraction of sp³-hybridized carbons (Fsp3) is 0.0625. The number of nitrogens with zero attached hydrogens (tertiary/aromatic N) is 2. The van der Waals surface area contributed by atoms with Gasteiger partial charge in [0.1, 0.15) is 5.69 Å². The lowest BCUT2D eigenvalue weighted by Gasteiger charge is -2.05. The minimum atomic E-state index is -1.07. The number of carboxylic acids is 1. The fourth-order valence-corrected chi connectivity index (χ4v) is 3.24. The van der Waals surface area contributed by atoms with E-state index in [2.05, 4.69) is 11.7 Å². The molecule has 2 aromatic heterocycles. The number of aldehydes is 1. The van der Waals surface area contributed by atoms with E-state index < -0.39 is 5.97 Å². The third-order valence-electron chi connectivity index (χ3n) is 2.84. The average Bonchev–Trinajstić information content (AvgIpc) is 3.16. The molecule has 118 valence electrons. The summed E-state index contributed by atoms with van der Waals surface area (Å²) in [5.74, 6) is -1.07. The van der Waals surface area contributed by atoms with Gasteiger partial charge < -0.3 is 5.11 Å². The Morgan fingerprint density at radius 1 is 1.52 bits per heavy atom. The molecule has 0 aliphatic heterocycles. The number of carboxylic acid groups (broad SMARTS) is 1. The van der Waals surface area contributed by atoms with Crippen LogP contribution in [0.25, 0.3) is 10.6 Å². The number of allylic oxidation sites excluding steroid dienone is 5. The minimum Gasteiger partial charge on any atom is -0.476 e. The molecule has 0 bridgehead atoms. The van der Waals surface area contributed by atoms with E-state index in [4.69, 9.17) is 0 Å². The maximum absolute atomic E-state index is 11.4. The standard InChI is InChI=1S/C16H14N2O3S2/c1-3-4-6-12(10-19)11(2)23-18-14(16(20)21)9-13(17-18)15-7-5-8-22-15/h3-10H,1H2,2H3,(H,20,21)/b6-4-,12-11-. The first-order chi connectivity index (χ1) is 11.1.